The zero-order valence-corrected chi connectivity index (χ0v) is 13.1. The summed E-state index contributed by atoms with van der Waals surface area (Å²) < 4.78 is 5.04. The summed E-state index contributed by atoms with van der Waals surface area (Å²) in [7, 11) is 1.43. The molecule has 0 aromatic heterocycles. The van der Waals surface area contributed by atoms with Crippen molar-refractivity contribution < 1.29 is 9.53 Å². The van der Waals surface area contributed by atoms with E-state index in [1.165, 1.54) is 32.8 Å². The van der Waals surface area contributed by atoms with Gasteiger partial charge in [0.2, 0.25) is 0 Å². The van der Waals surface area contributed by atoms with Crippen molar-refractivity contribution in [2.75, 3.05) is 13.7 Å². The molecule has 0 spiro atoms. The van der Waals surface area contributed by atoms with E-state index in [9.17, 15) is 4.79 Å². The number of unbranched alkanes of at least 4 members (excludes halogenated alkanes) is 5. The summed E-state index contributed by atoms with van der Waals surface area (Å²) in [6, 6.07) is 0. The maximum Gasteiger partial charge on any atom is 0.305 e. The fourth-order valence-electron chi connectivity index (χ4n) is 1.66. The Labute approximate surface area is 122 Å². The van der Waals surface area contributed by atoms with E-state index in [1.54, 1.807) is 0 Å². The van der Waals surface area contributed by atoms with Crippen LogP contribution in [0.1, 0.15) is 51.4 Å². The van der Waals surface area contributed by atoms with Gasteiger partial charge in [0.1, 0.15) is 0 Å². The number of hydrogen-bond donors (Lipinski definition) is 0. The Morgan fingerprint density at radius 3 is 2.50 bits per heavy atom. The lowest BCUT2D eigenvalue weighted by Crippen LogP contribution is -2.01. The minimum Gasteiger partial charge on any atom is -0.469 e. The first-order valence-corrected chi connectivity index (χ1v) is 7.67. The highest BCUT2D eigenvalue weighted by Gasteiger charge is 2.02. The second-order valence-corrected chi connectivity index (χ2v) is 6.01. The summed E-state index contributed by atoms with van der Waals surface area (Å²) in [6.45, 7) is 0.593. The highest BCUT2D eigenvalue weighted by atomic mass is 127. The Bertz CT molecular complexity index is 268. The molecule has 0 aromatic carbocycles. The number of esters is 1. The summed E-state index contributed by atoms with van der Waals surface area (Å²) in [5, 5.41) is 3.56. The molecule has 0 aliphatic carbocycles. The van der Waals surface area contributed by atoms with Crippen molar-refractivity contribution in [1.29, 1.82) is 0 Å². The monoisotopic (exact) mass is 367 g/mol. The van der Waals surface area contributed by atoms with Gasteiger partial charge in [-0.15, -0.1) is 0 Å². The molecule has 1 atom stereocenters. The van der Waals surface area contributed by atoms with Gasteiger partial charge in [0.25, 0.3) is 0 Å². The molecule has 18 heavy (non-hydrogen) atoms. The van der Waals surface area contributed by atoms with Crippen LogP contribution in [0.5, 0.6) is 0 Å². The van der Waals surface area contributed by atoms with Crippen LogP contribution in [0, 0.1) is 0 Å². The van der Waals surface area contributed by atoms with Gasteiger partial charge in [0.05, 0.1) is 7.11 Å². The van der Waals surface area contributed by atoms with Crippen LogP contribution in [0.2, 0.25) is 0 Å². The molecule has 0 aliphatic rings. The molecule has 0 N–H and O–H groups in total. The highest BCUT2D eigenvalue weighted by Crippen LogP contribution is 2.14. The van der Waals surface area contributed by atoms with Crippen LogP contribution in [0.3, 0.4) is 0 Å². The molecule has 6 heteroatoms. The van der Waals surface area contributed by atoms with Gasteiger partial charge in [-0.05, 0) is 18.4 Å². The molecule has 5 nitrogen and oxygen atoms in total. The van der Waals surface area contributed by atoms with Gasteiger partial charge in [0, 0.05) is 21.8 Å². The first-order chi connectivity index (χ1) is 8.70. The molecule has 0 radical (unpaired) electrons. The second kappa shape index (κ2) is 13.0. The van der Waals surface area contributed by atoms with Crippen LogP contribution in [0.15, 0.2) is 5.11 Å². The number of carbonyl (C=O) groups is 1. The van der Waals surface area contributed by atoms with Crippen LogP contribution in [0.25, 0.3) is 10.4 Å². The standard InChI is InChI=1S/C12H22IN3O2/c1-18-12(17)9-7-5-3-2-4-6-8-11(13)10-15-16-14/h11H,2-10H2,1H3. The Morgan fingerprint density at radius 2 is 1.89 bits per heavy atom. The number of alkyl halides is 1. The minimum absolute atomic E-state index is 0.110. The van der Waals surface area contributed by atoms with E-state index in [1.807, 2.05) is 0 Å². The quantitative estimate of drug-likeness (QED) is 0.103. The van der Waals surface area contributed by atoms with Crippen LogP contribution in [0.4, 0.5) is 0 Å². The van der Waals surface area contributed by atoms with Crippen LogP contribution in [-0.4, -0.2) is 23.5 Å². The zero-order chi connectivity index (χ0) is 13.6. The number of halogens is 1. The second-order valence-electron chi connectivity index (χ2n) is 4.25. The topological polar surface area (TPSA) is 75.1 Å². The molecular weight excluding hydrogens is 345 g/mol. The predicted molar refractivity (Wildman–Crippen MR) is 80.8 cm³/mol. The van der Waals surface area contributed by atoms with Crippen molar-refractivity contribution in [2.24, 2.45) is 5.11 Å². The van der Waals surface area contributed by atoms with Crippen molar-refractivity contribution in [1.82, 2.24) is 0 Å². The SMILES string of the molecule is COC(=O)CCCCCCCCC(I)CN=[N+]=[N-]. The van der Waals surface area contributed by atoms with E-state index in [0.717, 1.165) is 19.3 Å². The van der Waals surface area contributed by atoms with Crippen molar-refractivity contribution in [3.8, 4) is 0 Å². The summed E-state index contributed by atoms with van der Waals surface area (Å²) in [4.78, 5) is 13.6. The minimum atomic E-state index is -0.110. The average molecular weight is 367 g/mol. The van der Waals surface area contributed by atoms with Gasteiger partial charge in [0.15, 0.2) is 0 Å². The molecular formula is C12H22IN3O2. The van der Waals surface area contributed by atoms with Gasteiger partial charge < -0.3 is 4.74 Å². The predicted octanol–water partition coefficient (Wildman–Crippen LogP) is 4.39. The fraction of sp³-hybridized carbons (Fsp3) is 0.917. The molecule has 0 saturated carbocycles. The van der Waals surface area contributed by atoms with Crippen molar-refractivity contribution in [3.05, 3.63) is 10.4 Å². The normalized spacial score (nSPS) is 11.7. The molecule has 0 amide bonds. The van der Waals surface area contributed by atoms with Gasteiger partial charge in [-0.2, -0.15) is 0 Å². The zero-order valence-electron chi connectivity index (χ0n) is 11.0. The molecule has 0 fully saturated rings. The maximum atomic E-state index is 10.9. The van der Waals surface area contributed by atoms with Gasteiger partial charge in [-0.1, -0.05) is 59.8 Å². The Kier molecular flexibility index (Phi) is 12.6. The maximum absolute atomic E-state index is 10.9. The number of hydrogen-bond acceptors (Lipinski definition) is 3. The number of azide groups is 1. The number of nitrogens with zero attached hydrogens (tertiary/aromatic N) is 3. The third-order valence-corrected chi connectivity index (χ3v) is 3.74. The Balaban J connectivity index is 3.20. The fourth-order valence-corrected chi connectivity index (χ4v) is 2.28. The number of ether oxygens (including phenoxy) is 1. The van der Waals surface area contributed by atoms with E-state index < -0.39 is 0 Å². The Morgan fingerprint density at radius 1 is 1.28 bits per heavy atom. The third kappa shape index (κ3) is 12.0. The van der Waals surface area contributed by atoms with Crippen molar-refractivity contribution in [3.63, 3.8) is 0 Å². The summed E-state index contributed by atoms with van der Waals surface area (Å²) in [5.74, 6) is -0.110. The molecule has 0 rings (SSSR count). The summed E-state index contributed by atoms with van der Waals surface area (Å²) in [6.07, 6.45) is 8.48. The van der Waals surface area contributed by atoms with E-state index in [4.69, 9.17) is 5.53 Å². The number of rotatable bonds is 11. The lowest BCUT2D eigenvalue weighted by Gasteiger charge is -2.05. The molecule has 0 heterocycles. The first-order valence-electron chi connectivity index (χ1n) is 6.42. The molecule has 104 valence electrons. The van der Waals surface area contributed by atoms with Crippen LogP contribution in [-0.2, 0) is 9.53 Å². The lowest BCUT2D eigenvalue weighted by molar-refractivity contribution is -0.140. The molecule has 1 unspecified atom stereocenters. The molecule has 0 aromatic rings. The van der Waals surface area contributed by atoms with Crippen LogP contribution < -0.4 is 0 Å². The summed E-state index contributed by atoms with van der Waals surface area (Å²) in [5.41, 5.74) is 8.19. The first kappa shape index (κ1) is 17.5. The van der Waals surface area contributed by atoms with Gasteiger partial charge >= 0.3 is 5.97 Å². The van der Waals surface area contributed by atoms with E-state index in [2.05, 4.69) is 37.4 Å². The van der Waals surface area contributed by atoms with Gasteiger partial charge in [-0.25, -0.2) is 0 Å². The van der Waals surface area contributed by atoms with Gasteiger partial charge in [-0.3, -0.25) is 4.79 Å². The van der Waals surface area contributed by atoms with Crippen LogP contribution >= 0.6 is 22.6 Å². The average Bonchev–Trinajstić information content (AvgIpc) is 2.38. The third-order valence-electron chi connectivity index (χ3n) is 2.72. The molecule has 0 saturated heterocycles. The van der Waals surface area contributed by atoms with E-state index in [0.29, 0.717) is 16.9 Å². The number of methoxy groups -OCH3 is 1. The highest BCUT2D eigenvalue weighted by molar-refractivity contribution is 14.1. The van der Waals surface area contributed by atoms with E-state index in [-0.39, 0.29) is 5.97 Å². The summed E-state index contributed by atoms with van der Waals surface area (Å²) >= 11 is 2.33. The largest absolute Gasteiger partial charge is 0.469 e. The smallest absolute Gasteiger partial charge is 0.305 e. The van der Waals surface area contributed by atoms with E-state index >= 15 is 0 Å². The lowest BCUT2D eigenvalue weighted by atomic mass is 10.1. The Hall–Kier alpha value is -0.490. The molecule has 0 aliphatic heterocycles. The van der Waals surface area contributed by atoms with Crippen molar-refractivity contribution >= 4 is 28.6 Å². The molecule has 0 bridgehead atoms. The number of carbonyl (C=O) groups excluding carboxylic acids is 1. The van der Waals surface area contributed by atoms with Crippen molar-refractivity contribution in [2.45, 2.75) is 55.3 Å².